The van der Waals surface area contributed by atoms with Gasteiger partial charge in [-0.25, -0.2) is 0 Å². The van der Waals surface area contributed by atoms with Crippen LogP contribution in [-0.2, 0) is 9.59 Å². The van der Waals surface area contributed by atoms with Gasteiger partial charge in [0.15, 0.2) is 0 Å². The number of hydrogen-bond donors (Lipinski definition) is 1. The first kappa shape index (κ1) is 13.7. The molecule has 0 radical (unpaired) electrons. The van der Waals surface area contributed by atoms with Gasteiger partial charge in [0.25, 0.3) is 0 Å². The SMILES string of the molecule is C=CCN1CC(C)CN(C)C(=O)C1CC(=O)O. The third kappa shape index (κ3) is 3.56. The molecule has 1 rings (SSSR count). The fourth-order valence-corrected chi connectivity index (χ4v) is 2.30. The zero-order chi connectivity index (χ0) is 13.0. The summed E-state index contributed by atoms with van der Waals surface area (Å²) in [6.07, 6.45) is 1.56. The molecule has 1 heterocycles. The molecule has 1 saturated heterocycles. The van der Waals surface area contributed by atoms with E-state index < -0.39 is 12.0 Å². The van der Waals surface area contributed by atoms with Gasteiger partial charge in [-0.3, -0.25) is 14.5 Å². The first-order chi connectivity index (χ1) is 7.95. The Labute approximate surface area is 102 Å². The van der Waals surface area contributed by atoms with Crippen molar-refractivity contribution in [1.82, 2.24) is 9.80 Å². The standard InChI is InChI=1S/C12H20N2O3/c1-4-5-14-8-9(2)7-13(3)12(17)10(14)6-11(15)16/h4,9-10H,1,5-8H2,2-3H3,(H,15,16). The molecule has 2 unspecified atom stereocenters. The van der Waals surface area contributed by atoms with Gasteiger partial charge in [-0.05, 0) is 5.92 Å². The molecule has 0 spiro atoms. The Morgan fingerprint density at radius 1 is 1.59 bits per heavy atom. The molecule has 1 N–H and O–H groups in total. The van der Waals surface area contributed by atoms with Crippen LogP contribution >= 0.6 is 0 Å². The van der Waals surface area contributed by atoms with Crippen molar-refractivity contribution in [1.29, 1.82) is 0 Å². The van der Waals surface area contributed by atoms with E-state index in [1.807, 2.05) is 4.90 Å². The Hall–Kier alpha value is -1.36. The van der Waals surface area contributed by atoms with Crippen molar-refractivity contribution in [3.8, 4) is 0 Å². The molecule has 0 aromatic rings. The van der Waals surface area contributed by atoms with Crippen LogP contribution < -0.4 is 0 Å². The molecule has 1 aliphatic rings. The summed E-state index contributed by atoms with van der Waals surface area (Å²) in [5.41, 5.74) is 0. The Bertz CT molecular complexity index is 317. The molecule has 5 heteroatoms. The number of rotatable bonds is 4. The third-order valence-corrected chi connectivity index (χ3v) is 2.97. The first-order valence-electron chi connectivity index (χ1n) is 5.77. The second kappa shape index (κ2) is 5.82. The van der Waals surface area contributed by atoms with Crippen LogP contribution in [0.15, 0.2) is 12.7 Å². The zero-order valence-corrected chi connectivity index (χ0v) is 10.4. The molecule has 5 nitrogen and oxygen atoms in total. The van der Waals surface area contributed by atoms with Crippen LogP contribution in [0, 0.1) is 5.92 Å². The molecular weight excluding hydrogens is 220 g/mol. The molecule has 2 atom stereocenters. The lowest BCUT2D eigenvalue weighted by atomic mass is 10.1. The fraction of sp³-hybridized carbons (Fsp3) is 0.667. The zero-order valence-electron chi connectivity index (χ0n) is 10.4. The van der Waals surface area contributed by atoms with Gasteiger partial charge < -0.3 is 10.0 Å². The van der Waals surface area contributed by atoms with Crippen LogP contribution in [0.25, 0.3) is 0 Å². The molecule has 1 amide bonds. The van der Waals surface area contributed by atoms with Crippen molar-refractivity contribution in [3.63, 3.8) is 0 Å². The summed E-state index contributed by atoms with van der Waals surface area (Å²) in [6, 6.07) is -0.569. The molecule has 0 aromatic heterocycles. The van der Waals surface area contributed by atoms with Crippen LogP contribution in [0.1, 0.15) is 13.3 Å². The van der Waals surface area contributed by atoms with E-state index in [1.165, 1.54) is 0 Å². The van der Waals surface area contributed by atoms with Gasteiger partial charge in [0.05, 0.1) is 6.42 Å². The van der Waals surface area contributed by atoms with Gasteiger partial charge >= 0.3 is 5.97 Å². The highest BCUT2D eigenvalue weighted by Crippen LogP contribution is 2.16. The lowest BCUT2D eigenvalue weighted by Crippen LogP contribution is -2.46. The van der Waals surface area contributed by atoms with Crippen LogP contribution in [0.3, 0.4) is 0 Å². The van der Waals surface area contributed by atoms with Crippen molar-refractivity contribution in [2.24, 2.45) is 5.92 Å². The van der Waals surface area contributed by atoms with Gasteiger partial charge in [0.1, 0.15) is 6.04 Å². The number of likely N-dealkylation sites (N-methyl/N-ethyl adjacent to an activating group) is 1. The minimum Gasteiger partial charge on any atom is -0.481 e. The lowest BCUT2D eigenvalue weighted by Gasteiger charge is -2.27. The number of carbonyl (C=O) groups is 2. The maximum absolute atomic E-state index is 12.1. The van der Waals surface area contributed by atoms with Gasteiger partial charge in [-0.1, -0.05) is 13.0 Å². The van der Waals surface area contributed by atoms with E-state index in [-0.39, 0.29) is 12.3 Å². The van der Waals surface area contributed by atoms with Crippen LogP contribution in [0.4, 0.5) is 0 Å². The van der Waals surface area contributed by atoms with E-state index in [0.717, 1.165) is 6.54 Å². The van der Waals surface area contributed by atoms with Crippen LogP contribution in [-0.4, -0.2) is 59.5 Å². The number of hydrogen-bond acceptors (Lipinski definition) is 3. The quantitative estimate of drug-likeness (QED) is 0.724. The van der Waals surface area contributed by atoms with E-state index in [2.05, 4.69) is 13.5 Å². The number of amides is 1. The Balaban J connectivity index is 2.91. The molecule has 0 saturated carbocycles. The first-order valence-corrected chi connectivity index (χ1v) is 5.77. The summed E-state index contributed by atoms with van der Waals surface area (Å²) in [5, 5.41) is 8.89. The summed E-state index contributed by atoms with van der Waals surface area (Å²) in [6.45, 7) is 7.65. The van der Waals surface area contributed by atoms with Crippen molar-refractivity contribution in [3.05, 3.63) is 12.7 Å². The van der Waals surface area contributed by atoms with Crippen LogP contribution in [0.5, 0.6) is 0 Å². The van der Waals surface area contributed by atoms with Crippen molar-refractivity contribution >= 4 is 11.9 Å². The minimum absolute atomic E-state index is 0.112. The predicted molar refractivity (Wildman–Crippen MR) is 64.6 cm³/mol. The molecular formula is C12H20N2O3. The summed E-state index contributed by atoms with van der Waals surface area (Å²) in [7, 11) is 1.73. The smallest absolute Gasteiger partial charge is 0.305 e. The van der Waals surface area contributed by atoms with Gasteiger partial charge in [0.2, 0.25) is 5.91 Å². The lowest BCUT2D eigenvalue weighted by molar-refractivity contribution is -0.144. The number of carboxylic acid groups (broad SMARTS) is 1. The monoisotopic (exact) mass is 240 g/mol. The average molecular weight is 240 g/mol. The minimum atomic E-state index is -0.944. The molecule has 1 fully saturated rings. The second-order valence-corrected chi connectivity index (χ2v) is 4.68. The molecule has 17 heavy (non-hydrogen) atoms. The molecule has 0 aromatic carbocycles. The Morgan fingerprint density at radius 3 is 2.76 bits per heavy atom. The largest absolute Gasteiger partial charge is 0.481 e. The van der Waals surface area contributed by atoms with Gasteiger partial charge in [-0.2, -0.15) is 0 Å². The third-order valence-electron chi connectivity index (χ3n) is 2.97. The number of nitrogens with zero attached hydrogens (tertiary/aromatic N) is 2. The summed E-state index contributed by atoms with van der Waals surface area (Å²) in [5.74, 6) is -0.721. The van der Waals surface area contributed by atoms with E-state index in [0.29, 0.717) is 19.0 Å². The molecule has 1 aliphatic heterocycles. The fourth-order valence-electron chi connectivity index (χ4n) is 2.30. The maximum atomic E-state index is 12.1. The normalized spacial score (nSPS) is 26.7. The van der Waals surface area contributed by atoms with Crippen molar-refractivity contribution in [2.75, 3.05) is 26.7 Å². The summed E-state index contributed by atoms with van der Waals surface area (Å²) in [4.78, 5) is 26.5. The van der Waals surface area contributed by atoms with Gasteiger partial charge in [0, 0.05) is 26.7 Å². The highest BCUT2D eigenvalue weighted by Gasteiger charge is 2.34. The topological polar surface area (TPSA) is 60.9 Å². The summed E-state index contributed by atoms with van der Waals surface area (Å²) < 4.78 is 0. The number of aliphatic carboxylic acids is 1. The van der Waals surface area contributed by atoms with Gasteiger partial charge in [-0.15, -0.1) is 6.58 Å². The maximum Gasteiger partial charge on any atom is 0.305 e. The molecule has 96 valence electrons. The molecule has 0 aliphatic carbocycles. The Kier molecular flexibility index (Phi) is 4.69. The predicted octanol–water partition coefficient (Wildman–Crippen LogP) is 0.426. The van der Waals surface area contributed by atoms with Crippen molar-refractivity contribution in [2.45, 2.75) is 19.4 Å². The average Bonchev–Trinajstić information content (AvgIpc) is 2.31. The summed E-state index contributed by atoms with van der Waals surface area (Å²) >= 11 is 0. The highest BCUT2D eigenvalue weighted by molar-refractivity contribution is 5.86. The highest BCUT2D eigenvalue weighted by atomic mass is 16.4. The van der Waals surface area contributed by atoms with E-state index >= 15 is 0 Å². The van der Waals surface area contributed by atoms with E-state index in [4.69, 9.17) is 5.11 Å². The van der Waals surface area contributed by atoms with Crippen LogP contribution in [0.2, 0.25) is 0 Å². The molecule has 0 bridgehead atoms. The van der Waals surface area contributed by atoms with Crippen molar-refractivity contribution < 1.29 is 14.7 Å². The number of carbonyl (C=O) groups excluding carboxylic acids is 1. The second-order valence-electron chi connectivity index (χ2n) is 4.68. The van der Waals surface area contributed by atoms with E-state index in [1.54, 1.807) is 18.0 Å². The Morgan fingerprint density at radius 2 is 2.24 bits per heavy atom. The number of carboxylic acids is 1. The van der Waals surface area contributed by atoms with E-state index in [9.17, 15) is 9.59 Å².